The molecule has 1 amide bonds. The van der Waals surface area contributed by atoms with Gasteiger partial charge in [0, 0.05) is 23.3 Å². The van der Waals surface area contributed by atoms with Crippen LogP contribution < -0.4 is 5.32 Å². The third-order valence-electron chi connectivity index (χ3n) is 3.24. The number of hydrogen-bond acceptors (Lipinski definition) is 1. The molecule has 2 fully saturated rings. The Balaban J connectivity index is 1.72. The van der Waals surface area contributed by atoms with Crippen LogP contribution in [0, 0.1) is 5.92 Å². The van der Waals surface area contributed by atoms with E-state index in [1.165, 1.54) is 25.7 Å². The molecular weight excluding hydrogens is 268 g/mol. The first kappa shape index (κ1) is 10.4. The number of amides is 1. The van der Waals surface area contributed by atoms with Crippen molar-refractivity contribution in [3.63, 3.8) is 0 Å². The molecule has 0 radical (unpaired) electrons. The second-order valence-electron chi connectivity index (χ2n) is 4.84. The van der Waals surface area contributed by atoms with Gasteiger partial charge in [0.25, 0.3) is 5.91 Å². The van der Waals surface area contributed by atoms with E-state index >= 15 is 0 Å². The predicted octanol–water partition coefficient (Wildman–Crippen LogP) is 2.73. The molecule has 3 nitrogen and oxygen atoms in total. The maximum absolute atomic E-state index is 12.0. The van der Waals surface area contributed by atoms with Gasteiger partial charge in [0.15, 0.2) is 0 Å². The van der Waals surface area contributed by atoms with Gasteiger partial charge in [-0.15, -0.1) is 0 Å². The summed E-state index contributed by atoms with van der Waals surface area (Å²) in [5, 5.41) is 3.02. The van der Waals surface area contributed by atoms with Crippen molar-refractivity contribution >= 4 is 21.8 Å². The van der Waals surface area contributed by atoms with Crippen LogP contribution in [0.1, 0.15) is 42.2 Å². The Morgan fingerprint density at radius 2 is 2.19 bits per heavy atom. The summed E-state index contributed by atoms with van der Waals surface area (Å²) in [6, 6.07) is 2.47. The van der Waals surface area contributed by atoms with E-state index in [0.29, 0.717) is 6.04 Å². The average Bonchev–Trinajstić information content (AvgIpc) is 3.14. The molecule has 0 aliphatic heterocycles. The van der Waals surface area contributed by atoms with E-state index in [-0.39, 0.29) is 5.91 Å². The Morgan fingerprint density at radius 3 is 2.81 bits per heavy atom. The first-order valence-electron chi connectivity index (χ1n) is 5.89. The zero-order chi connectivity index (χ0) is 11.1. The average molecular weight is 283 g/mol. The Hall–Kier alpha value is -0.770. The quantitative estimate of drug-likeness (QED) is 0.905. The van der Waals surface area contributed by atoms with E-state index in [4.69, 9.17) is 0 Å². The first-order valence-corrected chi connectivity index (χ1v) is 6.69. The van der Waals surface area contributed by atoms with Crippen LogP contribution in [0.4, 0.5) is 0 Å². The molecule has 1 aromatic heterocycles. The number of nitrogens with one attached hydrogen (secondary N) is 1. The fraction of sp³-hybridized carbons (Fsp3) is 0.583. The molecule has 0 aromatic carbocycles. The Labute approximate surface area is 103 Å². The molecule has 16 heavy (non-hydrogen) atoms. The summed E-state index contributed by atoms with van der Waals surface area (Å²) in [6.45, 7) is 0.840. The van der Waals surface area contributed by atoms with Crippen LogP contribution in [0.3, 0.4) is 0 Å². The first-order chi connectivity index (χ1) is 7.74. The van der Waals surface area contributed by atoms with Crippen molar-refractivity contribution in [3.8, 4) is 0 Å². The van der Waals surface area contributed by atoms with Crippen molar-refractivity contribution in [1.29, 1.82) is 0 Å². The molecule has 1 heterocycles. The molecule has 0 spiro atoms. The second kappa shape index (κ2) is 3.91. The van der Waals surface area contributed by atoms with Crippen molar-refractivity contribution in [1.82, 2.24) is 9.88 Å². The fourth-order valence-electron chi connectivity index (χ4n) is 1.93. The highest BCUT2D eigenvalue weighted by molar-refractivity contribution is 9.10. The number of rotatable bonds is 4. The minimum atomic E-state index is 0.0736. The molecular formula is C12H15BrN2O. The van der Waals surface area contributed by atoms with Crippen LogP contribution in [-0.4, -0.2) is 17.0 Å². The third-order valence-corrected chi connectivity index (χ3v) is 3.67. The topological polar surface area (TPSA) is 34.0 Å². The largest absolute Gasteiger partial charge is 0.350 e. The van der Waals surface area contributed by atoms with Gasteiger partial charge >= 0.3 is 0 Å². The van der Waals surface area contributed by atoms with Gasteiger partial charge < -0.3 is 9.88 Å². The number of aromatic nitrogens is 1. The predicted molar refractivity (Wildman–Crippen MR) is 65.5 cm³/mol. The maximum atomic E-state index is 12.0. The number of carbonyl (C=O) groups excluding carboxylic acids is 1. The summed E-state index contributed by atoms with van der Waals surface area (Å²) >= 11 is 3.44. The molecule has 4 heteroatoms. The standard InChI is InChI=1S/C12H15BrN2O/c13-9-5-11(15(7-9)10-3-4-10)12(16)14-6-8-1-2-8/h5,7-8,10H,1-4,6H2,(H,14,16). The molecule has 2 aliphatic carbocycles. The van der Waals surface area contributed by atoms with Crippen molar-refractivity contribution < 1.29 is 4.79 Å². The lowest BCUT2D eigenvalue weighted by molar-refractivity contribution is 0.0942. The Morgan fingerprint density at radius 1 is 1.44 bits per heavy atom. The van der Waals surface area contributed by atoms with Crippen molar-refractivity contribution in [3.05, 3.63) is 22.4 Å². The van der Waals surface area contributed by atoms with Crippen molar-refractivity contribution in [2.75, 3.05) is 6.54 Å². The minimum Gasteiger partial charge on any atom is -0.350 e. The molecule has 2 aliphatic rings. The van der Waals surface area contributed by atoms with Crippen LogP contribution in [0.5, 0.6) is 0 Å². The molecule has 0 unspecified atom stereocenters. The van der Waals surface area contributed by atoms with Crippen molar-refractivity contribution in [2.45, 2.75) is 31.7 Å². The highest BCUT2D eigenvalue weighted by Crippen LogP contribution is 2.37. The SMILES string of the molecule is O=C(NCC1CC1)c1cc(Br)cn1C1CC1. The van der Waals surface area contributed by atoms with Gasteiger partial charge in [0.1, 0.15) is 5.69 Å². The summed E-state index contributed by atoms with van der Waals surface area (Å²) < 4.78 is 3.10. The number of nitrogens with zero attached hydrogens (tertiary/aromatic N) is 1. The van der Waals surface area contributed by atoms with Crippen LogP contribution in [0.2, 0.25) is 0 Å². The van der Waals surface area contributed by atoms with E-state index < -0.39 is 0 Å². The normalized spacial score (nSPS) is 19.8. The zero-order valence-corrected chi connectivity index (χ0v) is 10.7. The van der Waals surface area contributed by atoms with Gasteiger partial charge in [-0.2, -0.15) is 0 Å². The van der Waals surface area contributed by atoms with E-state index in [1.54, 1.807) is 0 Å². The molecule has 3 rings (SSSR count). The van der Waals surface area contributed by atoms with Gasteiger partial charge in [0.2, 0.25) is 0 Å². The molecule has 1 aromatic rings. The summed E-state index contributed by atoms with van der Waals surface area (Å²) in [7, 11) is 0. The van der Waals surface area contributed by atoms with E-state index in [1.807, 2.05) is 12.3 Å². The van der Waals surface area contributed by atoms with E-state index in [9.17, 15) is 4.79 Å². The van der Waals surface area contributed by atoms with E-state index in [2.05, 4.69) is 25.8 Å². The lowest BCUT2D eigenvalue weighted by atomic mass is 10.3. The molecule has 1 N–H and O–H groups in total. The summed E-state index contributed by atoms with van der Waals surface area (Å²) in [5.74, 6) is 0.807. The monoisotopic (exact) mass is 282 g/mol. The van der Waals surface area contributed by atoms with Crippen LogP contribution in [0.15, 0.2) is 16.7 Å². The molecule has 86 valence electrons. The Kier molecular flexibility index (Phi) is 2.54. The third kappa shape index (κ3) is 2.17. The summed E-state index contributed by atoms with van der Waals surface area (Å²) in [6.07, 6.45) is 6.96. The fourth-order valence-corrected chi connectivity index (χ4v) is 2.37. The maximum Gasteiger partial charge on any atom is 0.267 e. The second-order valence-corrected chi connectivity index (χ2v) is 5.75. The van der Waals surface area contributed by atoms with Gasteiger partial charge in [-0.25, -0.2) is 0 Å². The van der Waals surface area contributed by atoms with Crippen LogP contribution in [0.25, 0.3) is 0 Å². The highest BCUT2D eigenvalue weighted by atomic mass is 79.9. The van der Waals surface area contributed by atoms with Gasteiger partial charge in [-0.05, 0) is 53.6 Å². The zero-order valence-electron chi connectivity index (χ0n) is 9.08. The van der Waals surface area contributed by atoms with Crippen LogP contribution >= 0.6 is 15.9 Å². The molecule has 2 saturated carbocycles. The van der Waals surface area contributed by atoms with Crippen LogP contribution in [-0.2, 0) is 0 Å². The number of carbonyl (C=O) groups is 1. The lowest BCUT2D eigenvalue weighted by Crippen LogP contribution is -2.27. The minimum absolute atomic E-state index is 0.0736. The molecule has 0 bridgehead atoms. The number of halogens is 1. The van der Waals surface area contributed by atoms with Gasteiger partial charge in [-0.1, -0.05) is 0 Å². The summed E-state index contributed by atoms with van der Waals surface area (Å²) in [5.41, 5.74) is 0.801. The lowest BCUT2D eigenvalue weighted by Gasteiger charge is -2.07. The van der Waals surface area contributed by atoms with Gasteiger partial charge in [-0.3, -0.25) is 4.79 Å². The highest BCUT2D eigenvalue weighted by Gasteiger charge is 2.28. The van der Waals surface area contributed by atoms with E-state index in [0.717, 1.165) is 22.6 Å². The number of hydrogen-bond donors (Lipinski definition) is 1. The smallest absolute Gasteiger partial charge is 0.267 e. The van der Waals surface area contributed by atoms with Gasteiger partial charge in [0.05, 0.1) is 0 Å². The Bertz CT molecular complexity index is 419. The molecule has 0 saturated heterocycles. The van der Waals surface area contributed by atoms with Crippen molar-refractivity contribution in [2.24, 2.45) is 5.92 Å². The molecule has 0 atom stereocenters. The summed E-state index contributed by atoms with van der Waals surface area (Å²) in [4.78, 5) is 12.0.